The molecule has 0 saturated heterocycles. The second-order valence-electron chi connectivity index (χ2n) is 3.27. The highest BCUT2D eigenvalue weighted by atomic mass is 19.1. The maximum atomic E-state index is 13.4. The molecule has 2 N–H and O–H groups in total. The maximum absolute atomic E-state index is 13.4. The number of hydrogen-bond donors (Lipinski definition) is 1. The molecule has 1 rings (SSSR count). The van der Waals surface area contributed by atoms with Gasteiger partial charge in [-0.2, -0.15) is 0 Å². The first-order valence-electron chi connectivity index (χ1n) is 4.98. The predicted molar refractivity (Wildman–Crippen MR) is 56.2 cm³/mol. The van der Waals surface area contributed by atoms with Gasteiger partial charge in [-0.05, 0) is 19.0 Å². The molecular formula is C11H15F2NO2. The number of ether oxygens (including phenoxy) is 2. The van der Waals surface area contributed by atoms with Crippen molar-refractivity contribution in [2.75, 3.05) is 20.3 Å². The van der Waals surface area contributed by atoms with Crippen molar-refractivity contribution in [3.63, 3.8) is 0 Å². The summed E-state index contributed by atoms with van der Waals surface area (Å²) in [6.07, 6.45) is 0.695. The van der Waals surface area contributed by atoms with Gasteiger partial charge in [0.2, 0.25) is 0 Å². The molecule has 1 aromatic rings. The van der Waals surface area contributed by atoms with E-state index in [1.54, 1.807) is 0 Å². The summed E-state index contributed by atoms with van der Waals surface area (Å²) in [5.74, 6) is -1.24. The molecule has 90 valence electrons. The summed E-state index contributed by atoms with van der Waals surface area (Å²) in [6, 6.07) is 2.09. The lowest BCUT2D eigenvalue weighted by Crippen LogP contribution is -2.05. The Morgan fingerprint density at radius 2 is 2.00 bits per heavy atom. The Balaban J connectivity index is 2.63. The third kappa shape index (κ3) is 3.43. The van der Waals surface area contributed by atoms with Crippen LogP contribution in [0, 0.1) is 11.6 Å². The summed E-state index contributed by atoms with van der Waals surface area (Å²) < 4.78 is 36.4. The van der Waals surface area contributed by atoms with Crippen molar-refractivity contribution >= 4 is 0 Å². The van der Waals surface area contributed by atoms with Crippen LogP contribution in [0.5, 0.6) is 5.75 Å². The van der Waals surface area contributed by atoms with E-state index >= 15 is 0 Å². The lowest BCUT2D eigenvalue weighted by Gasteiger charge is -2.07. The molecule has 0 aliphatic heterocycles. The van der Waals surface area contributed by atoms with Gasteiger partial charge in [0, 0.05) is 18.2 Å². The summed E-state index contributed by atoms with van der Waals surface area (Å²) in [6.45, 7) is 0.982. The fraction of sp³-hybridized carbons (Fsp3) is 0.455. The molecule has 3 nitrogen and oxygen atoms in total. The topological polar surface area (TPSA) is 44.5 Å². The number of nitrogens with two attached hydrogens (primary N) is 1. The minimum Gasteiger partial charge on any atom is -0.494 e. The Labute approximate surface area is 93.2 Å². The van der Waals surface area contributed by atoms with Crippen LogP contribution in [-0.2, 0) is 11.3 Å². The van der Waals surface area contributed by atoms with E-state index < -0.39 is 11.6 Å². The van der Waals surface area contributed by atoms with Crippen molar-refractivity contribution in [2.24, 2.45) is 5.73 Å². The van der Waals surface area contributed by atoms with Gasteiger partial charge in [-0.1, -0.05) is 0 Å². The van der Waals surface area contributed by atoms with Crippen LogP contribution in [0.3, 0.4) is 0 Å². The fourth-order valence-electron chi connectivity index (χ4n) is 1.20. The van der Waals surface area contributed by atoms with Gasteiger partial charge in [-0.25, -0.2) is 8.78 Å². The SMILES string of the molecule is COc1cc(F)c(COCCCN)cc1F. The summed E-state index contributed by atoms with van der Waals surface area (Å²) in [5.41, 5.74) is 5.45. The molecule has 1 aromatic carbocycles. The third-order valence-corrected chi connectivity index (χ3v) is 2.07. The first kappa shape index (κ1) is 12.9. The summed E-state index contributed by atoms with van der Waals surface area (Å²) in [4.78, 5) is 0. The molecule has 0 aliphatic rings. The first-order chi connectivity index (χ1) is 7.69. The van der Waals surface area contributed by atoms with Gasteiger partial charge >= 0.3 is 0 Å². The number of benzene rings is 1. The summed E-state index contributed by atoms with van der Waals surface area (Å²) in [5, 5.41) is 0. The monoisotopic (exact) mass is 231 g/mol. The van der Waals surface area contributed by atoms with E-state index in [1.807, 2.05) is 0 Å². The van der Waals surface area contributed by atoms with Gasteiger partial charge in [0.05, 0.1) is 13.7 Å². The normalized spacial score (nSPS) is 10.5. The molecule has 5 heteroatoms. The van der Waals surface area contributed by atoms with Crippen molar-refractivity contribution in [1.82, 2.24) is 0 Å². The Morgan fingerprint density at radius 1 is 1.25 bits per heavy atom. The Morgan fingerprint density at radius 3 is 2.62 bits per heavy atom. The van der Waals surface area contributed by atoms with Crippen LogP contribution >= 0.6 is 0 Å². The number of halogens is 2. The zero-order valence-electron chi connectivity index (χ0n) is 9.13. The summed E-state index contributed by atoms with van der Waals surface area (Å²) in [7, 11) is 1.29. The minimum atomic E-state index is -0.596. The molecule has 0 unspecified atom stereocenters. The molecule has 16 heavy (non-hydrogen) atoms. The van der Waals surface area contributed by atoms with Gasteiger partial charge in [-0.15, -0.1) is 0 Å². The molecule has 0 aromatic heterocycles. The maximum Gasteiger partial charge on any atom is 0.165 e. The predicted octanol–water partition coefficient (Wildman–Crippen LogP) is 1.84. The van der Waals surface area contributed by atoms with Crippen molar-refractivity contribution < 1.29 is 18.3 Å². The first-order valence-corrected chi connectivity index (χ1v) is 4.98. The standard InChI is InChI=1S/C11H15F2NO2/c1-15-11-6-9(12)8(5-10(11)13)7-16-4-2-3-14/h5-6H,2-4,7,14H2,1H3. The second kappa shape index (κ2) is 6.40. The van der Waals surface area contributed by atoms with Crippen LogP contribution in [0.4, 0.5) is 8.78 Å². The number of methoxy groups -OCH3 is 1. The molecule has 0 atom stereocenters. The molecule has 0 amide bonds. The fourth-order valence-corrected chi connectivity index (χ4v) is 1.20. The smallest absolute Gasteiger partial charge is 0.165 e. The van der Waals surface area contributed by atoms with Crippen molar-refractivity contribution in [1.29, 1.82) is 0 Å². The lowest BCUT2D eigenvalue weighted by atomic mass is 10.2. The van der Waals surface area contributed by atoms with Crippen LogP contribution in [0.25, 0.3) is 0 Å². The van der Waals surface area contributed by atoms with Gasteiger partial charge in [-0.3, -0.25) is 0 Å². The quantitative estimate of drug-likeness (QED) is 0.760. The van der Waals surface area contributed by atoms with Crippen LogP contribution in [0.1, 0.15) is 12.0 Å². The number of hydrogen-bond acceptors (Lipinski definition) is 3. The van der Waals surface area contributed by atoms with Gasteiger partial charge in [0.1, 0.15) is 5.82 Å². The molecule has 0 fully saturated rings. The molecule has 0 radical (unpaired) electrons. The third-order valence-electron chi connectivity index (χ3n) is 2.07. The molecular weight excluding hydrogens is 216 g/mol. The van der Waals surface area contributed by atoms with E-state index in [2.05, 4.69) is 4.74 Å². The van der Waals surface area contributed by atoms with E-state index in [1.165, 1.54) is 7.11 Å². The number of rotatable bonds is 6. The van der Waals surface area contributed by atoms with Crippen LogP contribution < -0.4 is 10.5 Å². The van der Waals surface area contributed by atoms with E-state index in [-0.39, 0.29) is 17.9 Å². The Bertz CT molecular complexity index is 345. The van der Waals surface area contributed by atoms with Crippen molar-refractivity contribution in [2.45, 2.75) is 13.0 Å². The molecule has 0 saturated carbocycles. The Hall–Kier alpha value is -1.20. The average molecular weight is 231 g/mol. The molecule has 0 spiro atoms. The zero-order chi connectivity index (χ0) is 12.0. The highest BCUT2D eigenvalue weighted by Gasteiger charge is 2.10. The largest absolute Gasteiger partial charge is 0.494 e. The summed E-state index contributed by atoms with van der Waals surface area (Å²) >= 11 is 0. The van der Waals surface area contributed by atoms with Crippen LogP contribution in [-0.4, -0.2) is 20.3 Å². The lowest BCUT2D eigenvalue weighted by molar-refractivity contribution is 0.117. The van der Waals surface area contributed by atoms with Crippen molar-refractivity contribution in [3.05, 3.63) is 29.3 Å². The molecule has 0 bridgehead atoms. The van der Waals surface area contributed by atoms with Gasteiger partial charge in [0.25, 0.3) is 0 Å². The molecule has 0 aliphatic carbocycles. The average Bonchev–Trinajstić information content (AvgIpc) is 2.28. The zero-order valence-corrected chi connectivity index (χ0v) is 9.13. The van der Waals surface area contributed by atoms with E-state index in [0.717, 1.165) is 12.1 Å². The highest BCUT2D eigenvalue weighted by Crippen LogP contribution is 2.21. The van der Waals surface area contributed by atoms with Gasteiger partial charge in [0.15, 0.2) is 11.6 Å². The van der Waals surface area contributed by atoms with Crippen LogP contribution in [0.15, 0.2) is 12.1 Å². The van der Waals surface area contributed by atoms with E-state index in [9.17, 15) is 8.78 Å². The highest BCUT2D eigenvalue weighted by molar-refractivity contribution is 5.30. The minimum absolute atomic E-state index is 0.0345. The van der Waals surface area contributed by atoms with Crippen molar-refractivity contribution in [3.8, 4) is 5.75 Å². The second-order valence-corrected chi connectivity index (χ2v) is 3.27. The van der Waals surface area contributed by atoms with Gasteiger partial charge < -0.3 is 15.2 Å². The van der Waals surface area contributed by atoms with Crippen LogP contribution in [0.2, 0.25) is 0 Å². The van der Waals surface area contributed by atoms with E-state index in [4.69, 9.17) is 10.5 Å². The molecule has 0 heterocycles. The Kier molecular flexibility index (Phi) is 5.14. The van der Waals surface area contributed by atoms with E-state index in [0.29, 0.717) is 19.6 Å².